The zero-order chi connectivity index (χ0) is 16.2. The molecular formula is C20H15N3O. The molecule has 0 aliphatic heterocycles. The summed E-state index contributed by atoms with van der Waals surface area (Å²) in [4.78, 5) is 4.56. The Bertz CT molecular complexity index is 916. The second-order valence-corrected chi connectivity index (χ2v) is 5.31. The minimum absolute atomic E-state index is 0.690. The molecule has 0 aliphatic carbocycles. The molecule has 0 bridgehead atoms. The molecule has 0 radical (unpaired) electrons. The monoisotopic (exact) mass is 313 g/mol. The number of benzene rings is 3. The molecule has 116 valence electrons. The molecule has 4 heteroatoms. The zero-order valence-corrected chi connectivity index (χ0v) is 12.9. The maximum absolute atomic E-state index is 5.80. The summed E-state index contributed by atoms with van der Waals surface area (Å²) in [7, 11) is 0. The molecule has 4 rings (SSSR count). The molecule has 1 N–H and O–H groups in total. The Morgan fingerprint density at radius 1 is 0.625 bits per heavy atom. The van der Waals surface area contributed by atoms with Gasteiger partial charge in [0, 0.05) is 11.1 Å². The van der Waals surface area contributed by atoms with Crippen molar-refractivity contribution in [3.8, 4) is 34.3 Å². The van der Waals surface area contributed by atoms with Gasteiger partial charge in [-0.3, -0.25) is 5.10 Å². The van der Waals surface area contributed by atoms with E-state index < -0.39 is 0 Å². The number of rotatable bonds is 4. The van der Waals surface area contributed by atoms with Gasteiger partial charge in [-0.2, -0.15) is 5.10 Å². The Kier molecular flexibility index (Phi) is 3.78. The number of ether oxygens (including phenoxy) is 1. The van der Waals surface area contributed by atoms with Crippen LogP contribution in [0.2, 0.25) is 0 Å². The average Bonchev–Trinajstić information content (AvgIpc) is 3.14. The van der Waals surface area contributed by atoms with E-state index in [1.54, 1.807) is 0 Å². The van der Waals surface area contributed by atoms with Gasteiger partial charge in [0.05, 0.1) is 0 Å². The van der Waals surface area contributed by atoms with Crippen LogP contribution >= 0.6 is 0 Å². The lowest BCUT2D eigenvalue weighted by Gasteiger charge is -2.05. The van der Waals surface area contributed by atoms with Gasteiger partial charge >= 0.3 is 0 Å². The number of hydrogen-bond donors (Lipinski definition) is 1. The summed E-state index contributed by atoms with van der Waals surface area (Å²) in [6.45, 7) is 0. The molecular weight excluding hydrogens is 298 g/mol. The predicted molar refractivity (Wildman–Crippen MR) is 93.8 cm³/mol. The summed E-state index contributed by atoms with van der Waals surface area (Å²) in [6.07, 6.45) is 0. The SMILES string of the molecule is c1ccc(Oc2ccc(-c3nc(-c4ccccc4)n[nH]3)cc2)cc1. The Hall–Kier alpha value is -3.40. The van der Waals surface area contributed by atoms with Crippen LogP contribution in [0.5, 0.6) is 11.5 Å². The standard InChI is InChI=1S/C20H15N3O/c1-3-7-15(8-4-1)19-21-20(23-22-19)16-11-13-18(14-12-16)24-17-9-5-2-6-10-17/h1-14H,(H,21,22,23). The third kappa shape index (κ3) is 3.03. The second-order valence-electron chi connectivity index (χ2n) is 5.31. The normalized spacial score (nSPS) is 10.5. The first-order valence-corrected chi connectivity index (χ1v) is 7.70. The highest BCUT2D eigenvalue weighted by molar-refractivity contribution is 5.61. The van der Waals surface area contributed by atoms with Gasteiger partial charge in [-0.05, 0) is 36.4 Å². The van der Waals surface area contributed by atoms with Crippen molar-refractivity contribution in [2.45, 2.75) is 0 Å². The number of para-hydroxylation sites is 1. The van der Waals surface area contributed by atoms with Crippen molar-refractivity contribution in [2.24, 2.45) is 0 Å². The maximum atomic E-state index is 5.80. The molecule has 1 heterocycles. The van der Waals surface area contributed by atoms with Crippen LogP contribution in [0.25, 0.3) is 22.8 Å². The van der Waals surface area contributed by atoms with Crippen LogP contribution < -0.4 is 4.74 Å². The molecule has 4 aromatic rings. The third-order valence-corrected chi connectivity index (χ3v) is 3.62. The summed E-state index contributed by atoms with van der Waals surface area (Å²) in [6, 6.07) is 27.4. The lowest BCUT2D eigenvalue weighted by molar-refractivity contribution is 0.483. The van der Waals surface area contributed by atoms with Crippen molar-refractivity contribution in [3.05, 3.63) is 84.9 Å². The van der Waals surface area contributed by atoms with Crippen molar-refractivity contribution < 1.29 is 4.74 Å². The first-order valence-electron chi connectivity index (χ1n) is 7.70. The number of aromatic amines is 1. The molecule has 0 aliphatic rings. The molecule has 0 fully saturated rings. The molecule has 24 heavy (non-hydrogen) atoms. The molecule has 1 aromatic heterocycles. The van der Waals surface area contributed by atoms with Crippen LogP contribution in [0.1, 0.15) is 0 Å². The molecule has 3 aromatic carbocycles. The Morgan fingerprint density at radius 2 is 1.25 bits per heavy atom. The van der Waals surface area contributed by atoms with E-state index in [9.17, 15) is 0 Å². The molecule has 0 saturated heterocycles. The highest BCUT2D eigenvalue weighted by Gasteiger charge is 2.07. The van der Waals surface area contributed by atoms with Gasteiger partial charge in [0.1, 0.15) is 11.5 Å². The van der Waals surface area contributed by atoms with Crippen molar-refractivity contribution in [2.75, 3.05) is 0 Å². The Labute approximate surface area is 139 Å². The fourth-order valence-electron chi connectivity index (χ4n) is 2.41. The molecule has 0 unspecified atom stereocenters. The fourth-order valence-corrected chi connectivity index (χ4v) is 2.41. The highest BCUT2D eigenvalue weighted by Crippen LogP contribution is 2.25. The fraction of sp³-hybridized carbons (Fsp3) is 0. The first-order chi connectivity index (χ1) is 11.9. The number of hydrogen-bond acceptors (Lipinski definition) is 3. The smallest absolute Gasteiger partial charge is 0.181 e. The highest BCUT2D eigenvalue weighted by atomic mass is 16.5. The minimum atomic E-state index is 0.690. The quantitative estimate of drug-likeness (QED) is 0.581. The molecule has 0 amide bonds. The van der Waals surface area contributed by atoms with E-state index in [0.717, 1.165) is 28.5 Å². The van der Waals surface area contributed by atoms with Crippen LogP contribution in [0.3, 0.4) is 0 Å². The van der Waals surface area contributed by atoms with Gasteiger partial charge < -0.3 is 4.74 Å². The number of H-pyrrole nitrogens is 1. The van der Waals surface area contributed by atoms with E-state index in [0.29, 0.717) is 5.82 Å². The molecule has 0 atom stereocenters. The summed E-state index contributed by atoms with van der Waals surface area (Å²) in [5, 5.41) is 7.27. The van der Waals surface area contributed by atoms with E-state index in [-0.39, 0.29) is 0 Å². The van der Waals surface area contributed by atoms with Gasteiger partial charge in [0.2, 0.25) is 0 Å². The molecule has 0 spiro atoms. The van der Waals surface area contributed by atoms with Gasteiger partial charge in [-0.1, -0.05) is 48.5 Å². The van der Waals surface area contributed by atoms with Crippen LogP contribution in [-0.2, 0) is 0 Å². The first kappa shape index (κ1) is 14.2. The van der Waals surface area contributed by atoms with E-state index in [2.05, 4.69) is 15.2 Å². The lowest BCUT2D eigenvalue weighted by Crippen LogP contribution is -1.85. The lowest BCUT2D eigenvalue weighted by atomic mass is 10.2. The van der Waals surface area contributed by atoms with E-state index in [1.165, 1.54) is 0 Å². The van der Waals surface area contributed by atoms with Gasteiger partial charge in [0.15, 0.2) is 11.6 Å². The maximum Gasteiger partial charge on any atom is 0.181 e. The van der Waals surface area contributed by atoms with Gasteiger partial charge in [0.25, 0.3) is 0 Å². The number of aromatic nitrogens is 3. The Balaban J connectivity index is 1.54. The summed E-state index contributed by atoms with van der Waals surface area (Å²) in [5.41, 5.74) is 1.95. The van der Waals surface area contributed by atoms with E-state index in [4.69, 9.17) is 4.74 Å². The van der Waals surface area contributed by atoms with Gasteiger partial charge in [-0.25, -0.2) is 4.98 Å². The van der Waals surface area contributed by atoms with Crippen molar-refractivity contribution in [1.82, 2.24) is 15.2 Å². The Morgan fingerprint density at radius 3 is 1.96 bits per heavy atom. The second kappa shape index (κ2) is 6.38. The molecule has 4 nitrogen and oxygen atoms in total. The topological polar surface area (TPSA) is 50.8 Å². The number of nitrogens with one attached hydrogen (secondary N) is 1. The summed E-state index contributed by atoms with van der Waals surface area (Å²) < 4.78 is 5.80. The van der Waals surface area contributed by atoms with Crippen molar-refractivity contribution in [1.29, 1.82) is 0 Å². The zero-order valence-electron chi connectivity index (χ0n) is 12.9. The third-order valence-electron chi connectivity index (χ3n) is 3.62. The van der Waals surface area contributed by atoms with Gasteiger partial charge in [-0.15, -0.1) is 0 Å². The van der Waals surface area contributed by atoms with E-state index in [1.807, 2.05) is 84.9 Å². The largest absolute Gasteiger partial charge is 0.457 e. The van der Waals surface area contributed by atoms with Crippen LogP contribution in [0.4, 0.5) is 0 Å². The summed E-state index contributed by atoms with van der Waals surface area (Å²) in [5.74, 6) is 3.03. The predicted octanol–water partition coefficient (Wildman–Crippen LogP) is 4.93. The van der Waals surface area contributed by atoms with Crippen LogP contribution in [0, 0.1) is 0 Å². The van der Waals surface area contributed by atoms with Crippen molar-refractivity contribution in [3.63, 3.8) is 0 Å². The van der Waals surface area contributed by atoms with E-state index >= 15 is 0 Å². The minimum Gasteiger partial charge on any atom is -0.457 e. The van der Waals surface area contributed by atoms with Crippen LogP contribution in [-0.4, -0.2) is 15.2 Å². The average molecular weight is 313 g/mol. The number of nitrogens with zero attached hydrogens (tertiary/aromatic N) is 2. The summed E-state index contributed by atoms with van der Waals surface area (Å²) >= 11 is 0. The van der Waals surface area contributed by atoms with Crippen LogP contribution in [0.15, 0.2) is 84.9 Å². The van der Waals surface area contributed by atoms with Crippen molar-refractivity contribution >= 4 is 0 Å². The molecule has 0 saturated carbocycles.